The lowest BCUT2D eigenvalue weighted by Crippen LogP contribution is -2.61. The largest absolute Gasteiger partial charge is 0.315 e. The number of nitrogens with one attached hydrogen (secondary N) is 2. The molecule has 2 N–H and O–H groups in total. The Kier molecular flexibility index (Phi) is 5.22. The van der Waals surface area contributed by atoms with E-state index in [4.69, 9.17) is 0 Å². The Bertz CT molecular complexity index is 195. The van der Waals surface area contributed by atoms with Gasteiger partial charge in [0.15, 0.2) is 0 Å². The molecule has 0 radical (unpaired) electrons. The minimum absolute atomic E-state index is 0.251. The Balaban J connectivity index is 2.63. The van der Waals surface area contributed by atoms with Crippen LogP contribution in [0.25, 0.3) is 0 Å². The molecule has 96 valence electrons. The van der Waals surface area contributed by atoms with Gasteiger partial charge in [-0.05, 0) is 33.2 Å². The smallest absolute Gasteiger partial charge is 0.0307 e. The first-order valence-corrected chi connectivity index (χ1v) is 6.61. The summed E-state index contributed by atoms with van der Waals surface area (Å²) in [4.78, 5) is 2.62. The third-order valence-corrected chi connectivity index (χ3v) is 3.84. The highest BCUT2D eigenvalue weighted by Gasteiger charge is 2.35. The minimum atomic E-state index is 0.251. The van der Waals surface area contributed by atoms with E-state index in [0.29, 0.717) is 6.04 Å². The van der Waals surface area contributed by atoms with Crippen LogP contribution in [-0.2, 0) is 0 Å². The van der Waals surface area contributed by atoms with Gasteiger partial charge in [-0.1, -0.05) is 13.8 Å². The highest BCUT2D eigenvalue weighted by atomic mass is 15.3. The van der Waals surface area contributed by atoms with Crippen LogP contribution in [0.3, 0.4) is 0 Å². The first-order valence-electron chi connectivity index (χ1n) is 6.61. The first-order chi connectivity index (χ1) is 7.48. The van der Waals surface area contributed by atoms with E-state index in [0.717, 1.165) is 19.0 Å². The van der Waals surface area contributed by atoms with Crippen molar-refractivity contribution in [2.75, 3.05) is 33.2 Å². The zero-order valence-corrected chi connectivity index (χ0v) is 11.6. The fourth-order valence-corrected chi connectivity index (χ4v) is 2.69. The van der Waals surface area contributed by atoms with Gasteiger partial charge in [0, 0.05) is 37.8 Å². The zero-order valence-electron chi connectivity index (χ0n) is 11.6. The molecule has 0 spiro atoms. The van der Waals surface area contributed by atoms with Crippen LogP contribution in [0.2, 0.25) is 0 Å². The average molecular weight is 227 g/mol. The maximum atomic E-state index is 3.51. The van der Waals surface area contributed by atoms with Crippen molar-refractivity contribution in [1.29, 1.82) is 0 Å². The standard InChI is InChI=1S/C13H29N3/c1-11(2)10-12(14-5)13(3,4)16-8-6-15-7-9-16/h11-12,14-15H,6-10H2,1-5H3. The molecule has 0 aromatic carbocycles. The van der Waals surface area contributed by atoms with Crippen LogP contribution in [-0.4, -0.2) is 49.7 Å². The molecule has 1 saturated heterocycles. The van der Waals surface area contributed by atoms with Crippen molar-refractivity contribution < 1.29 is 0 Å². The summed E-state index contributed by atoms with van der Waals surface area (Å²) in [5.74, 6) is 0.750. The second-order valence-corrected chi connectivity index (χ2v) is 5.86. The Hall–Kier alpha value is -0.120. The Labute approximate surface area is 101 Å². The zero-order chi connectivity index (χ0) is 12.2. The lowest BCUT2D eigenvalue weighted by Gasteiger charge is -2.46. The highest BCUT2D eigenvalue weighted by molar-refractivity contribution is 4.94. The van der Waals surface area contributed by atoms with Gasteiger partial charge in [-0.2, -0.15) is 0 Å². The van der Waals surface area contributed by atoms with Gasteiger partial charge in [-0.25, -0.2) is 0 Å². The summed E-state index contributed by atoms with van der Waals surface area (Å²) in [6.07, 6.45) is 1.24. The number of hydrogen-bond donors (Lipinski definition) is 2. The Morgan fingerprint density at radius 2 is 1.81 bits per heavy atom. The molecule has 3 heteroatoms. The van der Waals surface area contributed by atoms with Crippen molar-refractivity contribution in [1.82, 2.24) is 15.5 Å². The Morgan fingerprint density at radius 3 is 2.25 bits per heavy atom. The molecule has 0 saturated carbocycles. The average Bonchev–Trinajstić information content (AvgIpc) is 2.26. The maximum Gasteiger partial charge on any atom is 0.0307 e. The van der Waals surface area contributed by atoms with E-state index in [-0.39, 0.29) is 5.54 Å². The predicted molar refractivity (Wildman–Crippen MR) is 70.8 cm³/mol. The number of rotatable bonds is 5. The van der Waals surface area contributed by atoms with E-state index in [9.17, 15) is 0 Å². The molecule has 1 aliphatic heterocycles. The summed E-state index contributed by atoms with van der Waals surface area (Å²) in [6, 6.07) is 0.575. The number of piperazine rings is 1. The number of hydrogen-bond acceptors (Lipinski definition) is 3. The van der Waals surface area contributed by atoms with E-state index >= 15 is 0 Å². The molecule has 0 aliphatic carbocycles. The summed E-state index contributed by atoms with van der Waals surface area (Å²) >= 11 is 0. The van der Waals surface area contributed by atoms with E-state index in [1.165, 1.54) is 19.5 Å². The van der Waals surface area contributed by atoms with Gasteiger partial charge >= 0.3 is 0 Å². The third kappa shape index (κ3) is 3.44. The molecule has 1 unspecified atom stereocenters. The SMILES string of the molecule is CNC(CC(C)C)C(C)(C)N1CCNCC1. The maximum absolute atomic E-state index is 3.51. The summed E-state index contributed by atoms with van der Waals surface area (Å²) in [5.41, 5.74) is 0.251. The molecule has 0 aromatic heterocycles. The molecule has 3 nitrogen and oxygen atoms in total. The molecule has 1 aliphatic rings. The van der Waals surface area contributed by atoms with Crippen LogP contribution < -0.4 is 10.6 Å². The van der Waals surface area contributed by atoms with Crippen LogP contribution in [0.5, 0.6) is 0 Å². The Morgan fingerprint density at radius 1 is 1.25 bits per heavy atom. The fraction of sp³-hybridized carbons (Fsp3) is 1.00. The van der Waals surface area contributed by atoms with Crippen molar-refractivity contribution in [3.63, 3.8) is 0 Å². The lowest BCUT2D eigenvalue weighted by molar-refractivity contribution is 0.0629. The third-order valence-electron chi connectivity index (χ3n) is 3.84. The van der Waals surface area contributed by atoms with Crippen molar-refractivity contribution >= 4 is 0 Å². The summed E-state index contributed by atoms with van der Waals surface area (Å²) in [6.45, 7) is 14.0. The molecular weight excluding hydrogens is 198 g/mol. The van der Waals surface area contributed by atoms with Gasteiger partial charge in [0.2, 0.25) is 0 Å². The topological polar surface area (TPSA) is 27.3 Å². The van der Waals surface area contributed by atoms with Gasteiger partial charge in [0.1, 0.15) is 0 Å². The van der Waals surface area contributed by atoms with E-state index < -0.39 is 0 Å². The van der Waals surface area contributed by atoms with Crippen LogP contribution in [0.4, 0.5) is 0 Å². The van der Waals surface area contributed by atoms with Crippen molar-refractivity contribution in [2.45, 2.75) is 45.7 Å². The summed E-state index contributed by atoms with van der Waals surface area (Å²) in [5, 5.41) is 6.93. The molecule has 1 rings (SSSR count). The van der Waals surface area contributed by atoms with E-state index in [1.54, 1.807) is 0 Å². The van der Waals surface area contributed by atoms with Gasteiger partial charge in [0.25, 0.3) is 0 Å². The monoisotopic (exact) mass is 227 g/mol. The summed E-state index contributed by atoms with van der Waals surface area (Å²) < 4.78 is 0. The minimum Gasteiger partial charge on any atom is -0.315 e. The lowest BCUT2D eigenvalue weighted by atomic mass is 9.86. The van der Waals surface area contributed by atoms with E-state index in [1.807, 2.05) is 0 Å². The fourth-order valence-electron chi connectivity index (χ4n) is 2.69. The van der Waals surface area contributed by atoms with Crippen LogP contribution in [0.1, 0.15) is 34.1 Å². The second kappa shape index (κ2) is 5.99. The summed E-state index contributed by atoms with van der Waals surface area (Å²) in [7, 11) is 2.09. The normalized spacial score (nSPS) is 21.4. The molecule has 0 aromatic rings. The van der Waals surface area contributed by atoms with Crippen molar-refractivity contribution in [3.8, 4) is 0 Å². The van der Waals surface area contributed by atoms with Gasteiger partial charge in [0.05, 0.1) is 0 Å². The van der Waals surface area contributed by atoms with Crippen molar-refractivity contribution in [3.05, 3.63) is 0 Å². The predicted octanol–water partition coefficient (Wildman–Crippen LogP) is 1.30. The number of nitrogens with zero attached hydrogens (tertiary/aromatic N) is 1. The van der Waals surface area contributed by atoms with E-state index in [2.05, 4.69) is 50.3 Å². The van der Waals surface area contributed by atoms with Gasteiger partial charge < -0.3 is 10.6 Å². The molecule has 1 fully saturated rings. The van der Waals surface area contributed by atoms with Crippen molar-refractivity contribution in [2.24, 2.45) is 5.92 Å². The first kappa shape index (κ1) is 13.9. The molecular formula is C13H29N3. The quantitative estimate of drug-likeness (QED) is 0.741. The van der Waals surface area contributed by atoms with Crippen LogP contribution in [0.15, 0.2) is 0 Å². The second-order valence-electron chi connectivity index (χ2n) is 5.86. The molecule has 1 heterocycles. The molecule has 16 heavy (non-hydrogen) atoms. The van der Waals surface area contributed by atoms with Crippen LogP contribution >= 0.6 is 0 Å². The molecule has 0 amide bonds. The highest BCUT2D eigenvalue weighted by Crippen LogP contribution is 2.24. The number of likely N-dealkylation sites (N-methyl/N-ethyl adjacent to an activating group) is 1. The van der Waals surface area contributed by atoms with Gasteiger partial charge in [-0.15, -0.1) is 0 Å². The van der Waals surface area contributed by atoms with Gasteiger partial charge in [-0.3, -0.25) is 4.90 Å². The molecule has 0 bridgehead atoms. The molecule has 1 atom stereocenters. The van der Waals surface area contributed by atoms with Crippen LogP contribution in [0, 0.1) is 5.92 Å².